The molecule has 0 radical (unpaired) electrons. The average molecular weight is 432 g/mol. The molecule has 0 spiro atoms. The number of nitrogens with zero attached hydrogens (tertiary/aromatic N) is 1. The normalized spacial score (nSPS) is 28.3. The zero-order valence-corrected chi connectivity index (χ0v) is 17.8. The van der Waals surface area contributed by atoms with Gasteiger partial charge in [0.15, 0.2) is 0 Å². The minimum atomic E-state index is -1.06. The van der Waals surface area contributed by atoms with Crippen molar-refractivity contribution in [2.24, 2.45) is 0 Å². The summed E-state index contributed by atoms with van der Waals surface area (Å²) in [5, 5.41) is 11.2. The summed E-state index contributed by atoms with van der Waals surface area (Å²) in [6, 6.07) is 5.57. The lowest BCUT2D eigenvalue weighted by molar-refractivity contribution is -0.0430. The van der Waals surface area contributed by atoms with Crippen LogP contribution >= 0.6 is 11.3 Å². The lowest BCUT2D eigenvalue weighted by Crippen LogP contribution is -2.54. The fourth-order valence-corrected chi connectivity index (χ4v) is 6.92. The molecule has 2 saturated heterocycles. The minimum Gasteiger partial charge on any atom is -0.389 e. The molecule has 160 valence electrons. The van der Waals surface area contributed by atoms with Crippen LogP contribution in [-0.2, 0) is 19.3 Å². The van der Waals surface area contributed by atoms with Crippen LogP contribution in [0.3, 0.4) is 0 Å². The van der Waals surface area contributed by atoms with Crippen LogP contribution in [0.2, 0.25) is 0 Å². The number of hydrogen-bond acceptors (Lipinski definition) is 3. The maximum Gasteiger partial charge on any atom is 0.264 e. The third kappa shape index (κ3) is 3.69. The molecule has 1 aromatic heterocycles. The van der Waals surface area contributed by atoms with Gasteiger partial charge >= 0.3 is 0 Å². The van der Waals surface area contributed by atoms with Gasteiger partial charge in [0.2, 0.25) is 0 Å². The Morgan fingerprint density at radius 1 is 1.10 bits per heavy atom. The molecule has 1 aliphatic carbocycles. The lowest BCUT2D eigenvalue weighted by atomic mass is 9.81. The van der Waals surface area contributed by atoms with Crippen LogP contribution in [0.1, 0.15) is 70.6 Å². The van der Waals surface area contributed by atoms with Crippen LogP contribution < -0.4 is 0 Å². The standard InChI is InChI=1S/C24H27F2NO2S/c25-17-7-6-16(20(26)11-17)12-24(29)13-18-8-9-19(14-24)27(18)23(28)22-10-15-4-2-1-3-5-21(15)30-22/h6-7,10-11,18-19,29H,1-5,8-9,12-14H2. The SMILES string of the molecule is O=C(c1cc2c(s1)CCCCC2)N1C2CCC1CC(O)(Cc1ccc(F)cc1F)C2. The number of thiophene rings is 1. The van der Waals surface area contributed by atoms with Crippen molar-refractivity contribution in [3.8, 4) is 0 Å². The Hall–Kier alpha value is -1.79. The molecular weight excluding hydrogens is 404 g/mol. The van der Waals surface area contributed by atoms with E-state index in [0.29, 0.717) is 18.4 Å². The summed E-state index contributed by atoms with van der Waals surface area (Å²) in [6.07, 6.45) is 8.57. The van der Waals surface area contributed by atoms with E-state index in [1.54, 1.807) is 11.3 Å². The number of aryl methyl sites for hydroxylation is 2. The smallest absolute Gasteiger partial charge is 0.264 e. The zero-order chi connectivity index (χ0) is 20.9. The van der Waals surface area contributed by atoms with E-state index in [0.717, 1.165) is 36.6 Å². The van der Waals surface area contributed by atoms with E-state index in [9.17, 15) is 18.7 Å². The van der Waals surface area contributed by atoms with Gasteiger partial charge in [-0.1, -0.05) is 12.5 Å². The molecule has 2 atom stereocenters. The van der Waals surface area contributed by atoms with Gasteiger partial charge in [-0.15, -0.1) is 11.3 Å². The summed E-state index contributed by atoms with van der Waals surface area (Å²) in [5.41, 5.74) is 0.613. The Morgan fingerprint density at radius 3 is 2.57 bits per heavy atom. The van der Waals surface area contributed by atoms with Crippen molar-refractivity contribution in [1.29, 1.82) is 0 Å². The number of carbonyl (C=O) groups excluding carboxylic acids is 1. The predicted molar refractivity (Wildman–Crippen MR) is 113 cm³/mol. The Kier molecular flexibility index (Phi) is 5.18. The first-order valence-corrected chi connectivity index (χ1v) is 11.8. The van der Waals surface area contributed by atoms with Crippen LogP contribution in [0.15, 0.2) is 24.3 Å². The van der Waals surface area contributed by atoms with E-state index in [-0.39, 0.29) is 24.4 Å². The second-order valence-electron chi connectivity index (χ2n) is 9.26. The van der Waals surface area contributed by atoms with E-state index in [2.05, 4.69) is 6.07 Å². The van der Waals surface area contributed by atoms with Crippen molar-refractivity contribution in [3.05, 3.63) is 56.8 Å². The first-order chi connectivity index (χ1) is 14.4. The van der Waals surface area contributed by atoms with Crippen molar-refractivity contribution in [2.75, 3.05) is 0 Å². The van der Waals surface area contributed by atoms with Gasteiger partial charge in [-0.25, -0.2) is 8.78 Å². The molecule has 2 aliphatic heterocycles. The zero-order valence-electron chi connectivity index (χ0n) is 17.0. The van der Waals surface area contributed by atoms with Gasteiger partial charge in [0.05, 0.1) is 10.5 Å². The minimum absolute atomic E-state index is 0.0216. The molecule has 3 heterocycles. The van der Waals surface area contributed by atoms with Crippen molar-refractivity contribution in [2.45, 2.75) is 81.9 Å². The van der Waals surface area contributed by atoms with E-state index >= 15 is 0 Å². The molecule has 1 aromatic carbocycles. The molecule has 0 saturated carbocycles. The molecule has 6 heteroatoms. The predicted octanol–water partition coefficient (Wildman–Crippen LogP) is 5.04. The van der Waals surface area contributed by atoms with E-state index in [4.69, 9.17) is 0 Å². The maximum absolute atomic E-state index is 14.1. The van der Waals surface area contributed by atoms with Crippen molar-refractivity contribution in [3.63, 3.8) is 0 Å². The number of benzene rings is 1. The third-order valence-electron chi connectivity index (χ3n) is 7.08. The summed E-state index contributed by atoms with van der Waals surface area (Å²) in [7, 11) is 0. The monoisotopic (exact) mass is 431 g/mol. The number of carbonyl (C=O) groups is 1. The van der Waals surface area contributed by atoms with Crippen molar-refractivity contribution >= 4 is 17.2 Å². The van der Waals surface area contributed by atoms with E-state index in [1.807, 2.05) is 4.90 Å². The first-order valence-electron chi connectivity index (χ1n) is 11.0. The molecule has 3 nitrogen and oxygen atoms in total. The summed E-state index contributed by atoms with van der Waals surface area (Å²) in [4.78, 5) is 17.6. The Bertz CT molecular complexity index is 935. The van der Waals surface area contributed by atoms with Crippen LogP contribution in [0, 0.1) is 11.6 Å². The highest BCUT2D eigenvalue weighted by Gasteiger charge is 2.49. The lowest BCUT2D eigenvalue weighted by Gasteiger charge is -2.44. The summed E-state index contributed by atoms with van der Waals surface area (Å²) < 4.78 is 27.4. The molecule has 3 aliphatic rings. The maximum atomic E-state index is 14.1. The number of piperidine rings is 1. The molecule has 30 heavy (non-hydrogen) atoms. The summed E-state index contributed by atoms with van der Waals surface area (Å²) in [6.45, 7) is 0. The molecule has 2 bridgehead atoms. The number of amides is 1. The Labute approximate surface area is 179 Å². The molecule has 2 aromatic rings. The van der Waals surface area contributed by atoms with Crippen LogP contribution in [0.5, 0.6) is 0 Å². The van der Waals surface area contributed by atoms with Gasteiger partial charge in [-0.2, -0.15) is 0 Å². The van der Waals surface area contributed by atoms with Crippen LogP contribution in [0.4, 0.5) is 8.78 Å². The Morgan fingerprint density at radius 2 is 1.83 bits per heavy atom. The summed E-state index contributed by atoms with van der Waals surface area (Å²) >= 11 is 1.65. The molecule has 2 fully saturated rings. The second-order valence-corrected chi connectivity index (χ2v) is 10.4. The Balaban J connectivity index is 1.33. The molecule has 5 rings (SSSR count). The number of rotatable bonds is 3. The second kappa shape index (κ2) is 7.72. The fraction of sp³-hybridized carbons (Fsp3) is 0.542. The van der Waals surface area contributed by atoms with Crippen molar-refractivity contribution in [1.82, 2.24) is 4.90 Å². The fourth-order valence-electron chi connectivity index (χ4n) is 5.72. The number of fused-ring (bicyclic) bond motifs is 3. The average Bonchev–Trinajstić information content (AvgIpc) is 3.14. The quantitative estimate of drug-likeness (QED) is 0.692. The van der Waals surface area contributed by atoms with Gasteiger partial charge in [0.25, 0.3) is 5.91 Å². The molecule has 1 amide bonds. The molecular formula is C24H27F2NO2S. The van der Waals surface area contributed by atoms with Gasteiger partial charge in [-0.3, -0.25) is 4.79 Å². The largest absolute Gasteiger partial charge is 0.389 e. The highest BCUT2D eigenvalue weighted by Crippen LogP contribution is 2.44. The van der Waals surface area contributed by atoms with Crippen molar-refractivity contribution < 1.29 is 18.7 Å². The van der Waals surface area contributed by atoms with Gasteiger partial charge in [0.1, 0.15) is 11.6 Å². The highest BCUT2D eigenvalue weighted by atomic mass is 32.1. The van der Waals surface area contributed by atoms with Gasteiger partial charge in [-0.05, 0) is 74.6 Å². The first kappa shape index (κ1) is 20.1. The number of hydrogen-bond donors (Lipinski definition) is 1. The highest BCUT2D eigenvalue weighted by molar-refractivity contribution is 7.14. The summed E-state index contributed by atoms with van der Waals surface area (Å²) in [5.74, 6) is -1.14. The molecule has 1 N–H and O–H groups in total. The van der Waals surface area contributed by atoms with E-state index in [1.165, 1.54) is 41.8 Å². The van der Waals surface area contributed by atoms with Crippen LogP contribution in [0.25, 0.3) is 0 Å². The van der Waals surface area contributed by atoms with Gasteiger partial charge in [0, 0.05) is 29.4 Å². The third-order valence-corrected chi connectivity index (χ3v) is 8.30. The molecule has 2 unspecified atom stereocenters. The van der Waals surface area contributed by atoms with E-state index < -0.39 is 17.2 Å². The van der Waals surface area contributed by atoms with Crippen LogP contribution in [-0.4, -0.2) is 33.6 Å². The van der Waals surface area contributed by atoms with Gasteiger partial charge < -0.3 is 10.0 Å². The number of halogens is 2. The topological polar surface area (TPSA) is 40.5 Å². The number of aliphatic hydroxyl groups is 1.